The Balaban J connectivity index is 1.92. The fourth-order valence-corrected chi connectivity index (χ4v) is 2.83. The third kappa shape index (κ3) is 4.82. The van der Waals surface area contributed by atoms with Crippen molar-refractivity contribution in [3.8, 4) is 5.75 Å². The normalized spacial score (nSPS) is 10.6. The van der Waals surface area contributed by atoms with Crippen LogP contribution in [0.3, 0.4) is 0 Å². The highest BCUT2D eigenvalue weighted by Crippen LogP contribution is 2.16. The van der Waals surface area contributed by atoms with E-state index in [4.69, 9.17) is 0 Å². The Bertz CT molecular complexity index is 966. The number of hydrogen-bond donors (Lipinski definition) is 2. The number of H-pyrrole nitrogens is 1. The molecule has 2 heterocycles. The lowest BCUT2D eigenvalue weighted by atomic mass is 10.1. The highest BCUT2D eigenvalue weighted by atomic mass is 16.3. The van der Waals surface area contributed by atoms with Crippen LogP contribution in [0.25, 0.3) is 0 Å². The number of aromatic amines is 1. The average Bonchev–Trinajstić information content (AvgIpc) is 2.69. The predicted octanol–water partition coefficient (Wildman–Crippen LogP) is 2.88. The van der Waals surface area contributed by atoms with Gasteiger partial charge in [-0.05, 0) is 41.8 Å². The number of pyridine rings is 2. The average molecular weight is 363 g/mol. The second kappa shape index (κ2) is 8.31. The summed E-state index contributed by atoms with van der Waals surface area (Å²) in [6.45, 7) is 2.63. The number of aromatic hydroxyl groups is 1. The van der Waals surface area contributed by atoms with Crippen molar-refractivity contribution in [3.05, 3.63) is 93.7 Å². The van der Waals surface area contributed by atoms with Crippen molar-refractivity contribution in [2.45, 2.75) is 26.4 Å². The minimum absolute atomic E-state index is 0.172. The first-order chi connectivity index (χ1) is 13.0. The molecule has 0 aliphatic carbocycles. The van der Waals surface area contributed by atoms with Crippen molar-refractivity contribution in [2.75, 3.05) is 0 Å². The van der Waals surface area contributed by atoms with Crippen LogP contribution >= 0.6 is 0 Å². The molecule has 3 aromatic rings. The van der Waals surface area contributed by atoms with Crippen molar-refractivity contribution in [3.63, 3.8) is 0 Å². The molecule has 0 saturated heterocycles. The second-order valence-electron chi connectivity index (χ2n) is 6.30. The maximum atomic E-state index is 13.1. The molecule has 0 aliphatic heterocycles. The molecule has 0 radical (unpaired) electrons. The first-order valence-electron chi connectivity index (χ1n) is 8.74. The number of nitrogens with one attached hydrogen (secondary N) is 1. The zero-order valence-corrected chi connectivity index (χ0v) is 15.1. The molecule has 6 nitrogen and oxygen atoms in total. The molecule has 0 unspecified atom stereocenters. The van der Waals surface area contributed by atoms with Crippen molar-refractivity contribution in [2.24, 2.45) is 0 Å². The highest BCUT2D eigenvalue weighted by Gasteiger charge is 2.18. The van der Waals surface area contributed by atoms with E-state index in [1.165, 1.54) is 6.07 Å². The molecule has 2 aromatic heterocycles. The molecule has 6 heteroatoms. The fourth-order valence-electron chi connectivity index (χ4n) is 2.83. The van der Waals surface area contributed by atoms with Gasteiger partial charge >= 0.3 is 0 Å². The third-order valence-corrected chi connectivity index (χ3v) is 4.22. The zero-order valence-electron chi connectivity index (χ0n) is 15.1. The van der Waals surface area contributed by atoms with E-state index in [-0.39, 0.29) is 17.2 Å². The number of aromatic nitrogens is 2. The summed E-state index contributed by atoms with van der Waals surface area (Å²) in [5.41, 5.74) is 2.56. The topological polar surface area (TPSA) is 86.3 Å². The minimum Gasteiger partial charge on any atom is -0.508 e. The number of benzene rings is 1. The van der Waals surface area contributed by atoms with Crippen LogP contribution in [-0.2, 0) is 19.5 Å². The van der Waals surface area contributed by atoms with Crippen LogP contribution in [0, 0.1) is 0 Å². The lowest BCUT2D eigenvalue weighted by Gasteiger charge is -2.23. The summed E-state index contributed by atoms with van der Waals surface area (Å²) in [5.74, 6) is -0.0567. The largest absolute Gasteiger partial charge is 0.508 e. The van der Waals surface area contributed by atoms with Crippen LogP contribution in [0.1, 0.15) is 34.1 Å². The molecule has 0 spiro atoms. The van der Waals surface area contributed by atoms with Gasteiger partial charge in [-0.2, -0.15) is 0 Å². The maximum absolute atomic E-state index is 13.1. The first-order valence-corrected chi connectivity index (χ1v) is 8.74. The van der Waals surface area contributed by atoms with Gasteiger partial charge in [-0.15, -0.1) is 0 Å². The van der Waals surface area contributed by atoms with Crippen LogP contribution < -0.4 is 5.56 Å². The number of aryl methyl sites for hydroxylation is 1. The Morgan fingerprint density at radius 3 is 2.52 bits per heavy atom. The van der Waals surface area contributed by atoms with E-state index in [1.54, 1.807) is 47.6 Å². The Labute approximate surface area is 157 Å². The smallest absolute Gasteiger partial charge is 0.254 e. The summed E-state index contributed by atoms with van der Waals surface area (Å²) >= 11 is 0. The van der Waals surface area contributed by atoms with Crippen molar-refractivity contribution < 1.29 is 9.90 Å². The second-order valence-corrected chi connectivity index (χ2v) is 6.30. The van der Waals surface area contributed by atoms with Gasteiger partial charge in [0.15, 0.2) is 0 Å². The number of carbonyl (C=O) groups is 1. The summed E-state index contributed by atoms with van der Waals surface area (Å²) in [6, 6.07) is 13.5. The van der Waals surface area contributed by atoms with Crippen LogP contribution in [0.4, 0.5) is 0 Å². The van der Waals surface area contributed by atoms with Gasteiger partial charge in [0.1, 0.15) is 5.75 Å². The van der Waals surface area contributed by atoms with Gasteiger partial charge < -0.3 is 15.0 Å². The van der Waals surface area contributed by atoms with Gasteiger partial charge in [-0.25, -0.2) is 0 Å². The van der Waals surface area contributed by atoms with Gasteiger partial charge in [0.05, 0.1) is 0 Å². The van der Waals surface area contributed by atoms with E-state index < -0.39 is 0 Å². The van der Waals surface area contributed by atoms with Crippen LogP contribution in [-0.4, -0.2) is 25.9 Å². The van der Waals surface area contributed by atoms with E-state index in [2.05, 4.69) is 9.97 Å². The molecule has 0 bridgehead atoms. The number of nitrogens with zero attached hydrogens (tertiary/aromatic N) is 2. The molecule has 2 N–H and O–H groups in total. The number of phenolic OH excluding ortho intramolecular Hbond substituents is 1. The van der Waals surface area contributed by atoms with Crippen molar-refractivity contribution >= 4 is 5.91 Å². The van der Waals surface area contributed by atoms with Gasteiger partial charge in [0.25, 0.3) is 5.91 Å². The molecule has 0 saturated carbocycles. The maximum Gasteiger partial charge on any atom is 0.254 e. The number of rotatable bonds is 6. The molecule has 0 fully saturated rings. The van der Waals surface area contributed by atoms with Crippen LogP contribution in [0.15, 0.2) is 65.7 Å². The number of phenols is 1. The Morgan fingerprint density at radius 1 is 1.11 bits per heavy atom. The predicted molar refractivity (Wildman–Crippen MR) is 102 cm³/mol. The third-order valence-electron chi connectivity index (χ3n) is 4.22. The van der Waals surface area contributed by atoms with Gasteiger partial charge in [-0.3, -0.25) is 14.6 Å². The molecule has 27 heavy (non-hydrogen) atoms. The van der Waals surface area contributed by atoms with E-state index in [9.17, 15) is 14.7 Å². The summed E-state index contributed by atoms with van der Waals surface area (Å²) < 4.78 is 0. The standard InChI is InChI=1S/C21H21N3O3/c1-2-18-10-17(11-20(26)23-18)21(27)24(14-16-4-3-9-22-12-16)13-15-5-7-19(25)8-6-15/h3-12,25H,2,13-14H2,1H3,(H,23,26). The van der Waals surface area contributed by atoms with Crippen LogP contribution in [0.2, 0.25) is 0 Å². The lowest BCUT2D eigenvalue weighted by Crippen LogP contribution is -2.31. The number of amides is 1. The number of carbonyl (C=O) groups excluding carboxylic acids is 1. The Morgan fingerprint density at radius 2 is 1.85 bits per heavy atom. The Kier molecular flexibility index (Phi) is 5.66. The monoisotopic (exact) mass is 363 g/mol. The quantitative estimate of drug-likeness (QED) is 0.705. The molecular weight excluding hydrogens is 342 g/mol. The summed E-state index contributed by atoms with van der Waals surface area (Å²) in [5, 5.41) is 9.47. The number of hydrogen-bond acceptors (Lipinski definition) is 4. The molecule has 0 atom stereocenters. The minimum atomic E-state index is -0.288. The van der Waals surface area contributed by atoms with Gasteiger partial charge in [-0.1, -0.05) is 25.1 Å². The molecule has 138 valence electrons. The van der Waals surface area contributed by atoms with Crippen LogP contribution in [0.5, 0.6) is 5.75 Å². The van der Waals surface area contributed by atoms with E-state index in [1.807, 2.05) is 19.1 Å². The summed E-state index contributed by atoms with van der Waals surface area (Å²) in [7, 11) is 0. The molecular formula is C21H21N3O3. The van der Waals surface area contributed by atoms with Crippen molar-refractivity contribution in [1.29, 1.82) is 0 Å². The Hall–Kier alpha value is -3.41. The molecule has 3 rings (SSSR count). The lowest BCUT2D eigenvalue weighted by molar-refractivity contribution is 0.0729. The summed E-state index contributed by atoms with van der Waals surface area (Å²) in [6.07, 6.45) is 4.03. The van der Waals surface area contributed by atoms with E-state index >= 15 is 0 Å². The highest BCUT2D eigenvalue weighted by molar-refractivity contribution is 5.94. The SMILES string of the molecule is CCc1cc(C(=O)N(Cc2ccc(O)cc2)Cc2cccnc2)cc(=O)[nH]1. The van der Waals surface area contributed by atoms with E-state index in [0.717, 1.165) is 16.8 Å². The fraction of sp³-hybridized carbons (Fsp3) is 0.190. The zero-order chi connectivity index (χ0) is 19.2. The summed E-state index contributed by atoms with van der Waals surface area (Å²) in [4.78, 5) is 33.5. The first kappa shape index (κ1) is 18.4. The van der Waals surface area contributed by atoms with Gasteiger partial charge in [0, 0.05) is 42.8 Å². The molecule has 1 amide bonds. The van der Waals surface area contributed by atoms with Crippen molar-refractivity contribution in [1.82, 2.24) is 14.9 Å². The molecule has 1 aromatic carbocycles. The van der Waals surface area contributed by atoms with E-state index in [0.29, 0.717) is 25.1 Å². The molecule has 0 aliphatic rings. The van der Waals surface area contributed by atoms with Gasteiger partial charge in [0.2, 0.25) is 5.56 Å².